The number of anilines is 1. The van der Waals surface area contributed by atoms with Gasteiger partial charge >= 0.3 is 6.03 Å². The van der Waals surface area contributed by atoms with E-state index in [9.17, 15) is 9.59 Å². The van der Waals surface area contributed by atoms with E-state index in [-0.39, 0.29) is 24.5 Å². The number of carbonyl (C=O) groups is 2. The predicted molar refractivity (Wildman–Crippen MR) is 149 cm³/mol. The molecule has 2 aromatic heterocycles. The van der Waals surface area contributed by atoms with E-state index in [1.165, 1.54) is 0 Å². The predicted octanol–water partition coefficient (Wildman–Crippen LogP) is 4.92. The van der Waals surface area contributed by atoms with E-state index >= 15 is 0 Å². The third kappa shape index (κ3) is 5.87. The molecule has 1 saturated heterocycles. The molecule has 0 radical (unpaired) electrons. The van der Waals surface area contributed by atoms with Crippen molar-refractivity contribution < 1.29 is 19.1 Å². The van der Waals surface area contributed by atoms with Crippen molar-refractivity contribution in [2.24, 2.45) is 0 Å². The van der Waals surface area contributed by atoms with Gasteiger partial charge in [-0.2, -0.15) is 0 Å². The number of likely N-dealkylation sites (N-methyl/N-ethyl adjacent to an activating group) is 1. The molecule has 0 spiro atoms. The van der Waals surface area contributed by atoms with Gasteiger partial charge < -0.3 is 23.8 Å². The Bertz CT molecular complexity index is 1270. The summed E-state index contributed by atoms with van der Waals surface area (Å²) in [5.41, 5.74) is 2.54. The number of hydrogen-bond acceptors (Lipinski definition) is 5. The number of unbranched alkanes of at least 4 members (excludes halogenated alkanes) is 2. The summed E-state index contributed by atoms with van der Waals surface area (Å²) in [7, 11) is 5.11. The van der Waals surface area contributed by atoms with Gasteiger partial charge in [0.2, 0.25) is 5.91 Å². The molecule has 1 fully saturated rings. The van der Waals surface area contributed by atoms with Gasteiger partial charge in [-0.05, 0) is 49.6 Å². The Hall–Kier alpha value is -3.75. The highest BCUT2D eigenvalue weighted by Gasteiger charge is 2.32. The first kappa shape index (κ1) is 27.3. The van der Waals surface area contributed by atoms with Crippen molar-refractivity contribution in [2.45, 2.75) is 58.7 Å². The molecule has 9 nitrogen and oxygen atoms in total. The van der Waals surface area contributed by atoms with E-state index in [4.69, 9.17) is 9.47 Å². The number of benzene rings is 1. The molecular formula is C29H39N5O4. The maximum Gasteiger partial charge on any atom is 0.325 e. The summed E-state index contributed by atoms with van der Waals surface area (Å²) < 4.78 is 13.4. The van der Waals surface area contributed by atoms with Gasteiger partial charge in [-0.25, -0.2) is 9.78 Å². The molecule has 3 amide bonds. The van der Waals surface area contributed by atoms with E-state index in [0.29, 0.717) is 31.2 Å². The van der Waals surface area contributed by atoms with Crippen molar-refractivity contribution >= 4 is 28.7 Å². The van der Waals surface area contributed by atoms with E-state index < -0.39 is 0 Å². The minimum atomic E-state index is -0.0435. The summed E-state index contributed by atoms with van der Waals surface area (Å²) in [6, 6.07) is 9.66. The van der Waals surface area contributed by atoms with Crippen LogP contribution in [0.1, 0.15) is 45.1 Å². The molecule has 1 aliphatic rings. The fourth-order valence-electron chi connectivity index (χ4n) is 4.74. The van der Waals surface area contributed by atoms with Crippen molar-refractivity contribution in [1.82, 2.24) is 19.4 Å². The molecular weight excluding hydrogens is 482 g/mol. The normalized spacial score (nSPS) is 15.7. The van der Waals surface area contributed by atoms with Crippen LogP contribution in [0.15, 0.2) is 42.7 Å². The number of rotatable bonds is 11. The summed E-state index contributed by atoms with van der Waals surface area (Å²) in [6.45, 7) is 6.17. The number of carbonyl (C=O) groups excluding carboxylic acids is 2. The first-order valence-corrected chi connectivity index (χ1v) is 13.4. The smallest absolute Gasteiger partial charge is 0.325 e. The summed E-state index contributed by atoms with van der Waals surface area (Å²) in [5.74, 6) is 1.32. The first-order chi connectivity index (χ1) is 18.3. The van der Waals surface area contributed by atoms with Gasteiger partial charge in [0, 0.05) is 62.8 Å². The summed E-state index contributed by atoms with van der Waals surface area (Å²) in [4.78, 5) is 35.9. The van der Waals surface area contributed by atoms with Crippen LogP contribution in [-0.2, 0) is 17.9 Å². The van der Waals surface area contributed by atoms with Crippen molar-refractivity contribution in [3.05, 3.63) is 48.3 Å². The number of aromatic nitrogens is 2. The van der Waals surface area contributed by atoms with Gasteiger partial charge in [0.1, 0.15) is 12.2 Å². The zero-order chi connectivity index (χ0) is 27.2. The average Bonchev–Trinajstić information content (AvgIpc) is 3.32. The van der Waals surface area contributed by atoms with Crippen LogP contribution < -0.4 is 14.4 Å². The Morgan fingerprint density at radius 2 is 1.97 bits per heavy atom. The highest BCUT2D eigenvalue weighted by molar-refractivity contribution is 5.94. The van der Waals surface area contributed by atoms with Crippen LogP contribution in [0.3, 0.4) is 0 Å². The van der Waals surface area contributed by atoms with Crippen LogP contribution in [0, 0.1) is 0 Å². The number of methoxy groups -OCH3 is 1. The topological polar surface area (TPSA) is 80.1 Å². The minimum Gasteiger partial charge on any atom is -0.493 e. The Kier molecular flexibility index (Phi) is 8.76. The second-order valence-electron chi connectivity index (χ2n) is 10.0. The molecule has 0 aliphatic carbocycles. The number of hydrogen-bond donors (Lipinski definition) is 0. The zero-order valence-corrected chi connectivity index (χ0v) is 23.1. The lowest BCUT2D eigenvalue weighted by Crippen LogP contribution is -2.53. The number of ether oxygens (including phenoxy) is 2. The number of nitrogens with zero attached hydrogens (tertiary/aromatic N) is 5. The first-order valence-electron chi connectivity index (χ1n) is 13.4. The summed E-state index contributed by atoms with van der Waals surface area (Å²) in [6.07, 6.45) is 7.68. The molecule has 0 N–H and O–H groups in total. The van der Waals surface area contributed by atoms with Gasteiger partial charge in [0.25, 0.3) is 0 Å². The van der Waals surface area contributed by atoms with E-state index in [2.05, 4.69) is 18.8 Å². The van der Waals surface area contributed by atoms with Crippen LogP contribution in [-0.4, -0.2) is 71.7 Å². The lowest BCUT2D eigenvalue weighted by Gasteiger charge is -2.40. The lowest BCUT2D eigenvalue weighted by atomic mass is 10.1. The second kappa shape index (κ2) is 12.2. The van der Waals surface area contributed by atoms with Crippen molar-refractivity contribution in [2.75, 3.05) is 39.3 Å². The molecule has 3 heterocycles. The zero-order valence-electron chi connectivity index (χ0n) is 23.1. The minimum absolute atomic E-state index is 0.00150. The fourth-order valence-corrected chi connectivity index (χ4v) is 4.74. The summed E-state index contributed by atoms with van der Waals surface area (Å²) in [5, 5.41) is 0.948. The van der Waals surface area contributed by atoms with Crippen LogP contribution in [0.4, 0.5) is 10.5 Å². The Balaban J connectivity index is 1.55. The molecule has 3 aromatic rings. The van der Waals surface area contributed by atoms with E-state index in [1.54, 1.807) is 32.3 Å². The number of amides is 3. The maximum atomic E-state index is 13.8. The maximum absolute atomic E-state index is 13.8. The molecule has 0 bridgehead atoms. The molecule has 1 aliphatic heterocycles. The van der Waals surface area contributed by atoms with Crippen molar-refractivity contribution in [1.29, 1.82) is 0 Å². The van der Waals surface area contributed by atoms with E-state index in [1.807, 2.05) is 50.9 Å². The molecule has 9 heteroatoms. The Morgan fingerprint density at radius 1 is 1.16 bits per heavy atom. The van der Waals surface area contributed by atoms with Crippen molar-refractivity contribution in [3.8, 4) is 11.5 Å². The van der Waals surface area contributed by atoms with Crippen LogP contribution in [0.25, 0.3) is 11.0 Å². The molecule has 1 atom stereocenters. The molecule has 4 rings (SSSR count). The summed E-state index contributed by atoms with van der Waals surface area (Å²) >= 11 is 0. The molecule has 38 heavy (non-hydrogen) atoms. The average molecular weight is 522 g/mol. The number of fused-ring (bicyclic) bond motifs is 1. The lowest BCUT2D eigenvalue weighted by molar-refractivity contribution is -0.129. The van der Waals surface area contributed by atoms with Crippen LogP contribution >= 0.6 is 0 Å². The largest absolute Gasteiger partial charge is 0.493 e. The monoisotopic (exact) mass is 521 g/mol. The SMILES string of the molecule is CCCCCOc1cc(N2CC[C@H](C)N(Cc3ccnc4c3ccn4CC(=O)N(C)C)C2=O)ccc1OC. The highest BCUT2D eigenvalue weighted by atomic mass is 16.5. The van der Waals surface area contributed by atoms with Crippen LogP contribution in [0.5, 0.6) is 11.5 Å². The van der Waals surface area contributed by atoms with Crippen molar-refractivity contribution in [3.63, 3.8) is 0 Å². The molecule has 0 saturated carbocycles. The van der Waals surface area contributed by atoms with Crippen LogP contribution in [0.2, 0.25) is 0 Å². The quantitative estimate of drug-likeness (QED) is 0.335. The van der Waals surface area contributed by atoms with Gasteiger partial charge in [0.05, 0.1) is 13.7 Å². The van der Waals surface area contributed by atoms with E-state index in [0.717, 1.165) is 48.0 Å². The third-order valence-electron chi connectivity index (χ3n) is 7.14. The van der Waals surface area contributed by atoms with Gasteiger partial charge in [-0.1, -0.05) is 19.8 Å². The third-order valence-corrected chi connectivity index (χ3v) is 7.14. The standard InChI is InChI=1S/C29H39N5O4/c1-6-7-8-17-38-26-18-23(9-10-25(26)37-5)33-16-12-21(2)34(29(33)36)19-22-11-14-30-28-24(22)13-15-32(28)20-27(35)31(3)4/h9-11,13-15,18,21H,6-8,12,16-17,19-20H2,1-5H3/t21-/m0/s1. The highest BCUT2D eigenvalue weighted by Crippen LogP contribution is 2.34. The molecule has 0 unspecified atom stereocenters. The Labute approximate surface area is 224 Å². The Morgan fingerprint density at radius 3 is 2.71 bits per heavy atom. The van der Waals surface area contributed by atoms with Gasteiger partial charge in [-0.3, -0.25) is 9.69 Å². The molecule has 204 valence electrons. The van der Waals surface area contributed by atoms with Gasteiger partial charge in [-0.15, -0.1) is 0 Å². The molecule has 1 aromatic carbocycles. The number of urea groups is 1. The second-order valence-corrected chi connectivity index (χ2v) is 10.0. The number of pyridine rings is 1. The van der Waals surface area contributed by atoms with Gasteiger partial charge in [0.15, 0.2) is 11.5 Å². The fraction of sp³-hybridized carbons (Fsp3) is 0.483.